The third-order valence-electron chi connectivity index (χ3n) is 2.83. The van der Waals surface area contributed by atoms with Gasteiger partial charge in [0.05, 0.1) is 0 Å². The maximum absolute atomic E-state index is 3.42. The van der Waals surface area contributed by atoms with Gasteiger partial charge in [0.1, 0.15) is 0 Å². The molecule has 1 saturated heterocycles. The second-order valence-corrected chi connectivity index (χ2v) is 3.93. The highest BCUT2D eigenvalue weighted by molar-refractivity contribution is 4.79. The molecule has 1 fully saturated rings. The van der Waals surface area contributed by atoms with Gasteiger partial charge in [0.2, 0.25) is 0 Å². The first-order valence-corrected chi connectivity index (χ1v) is 5.22. The summed E-state index contributed by atoms with van der Waals surface area (Å²) in [6.45, 7) is 10.5. The van der Waals surface area contributed by atoms with Crippen molar-refractivity contribution in [3.63, 3.8) is 0 Å². The van der Waals surface area contributed by atoms with Crippen LogP contribution in [0.3, 0.4) is 0 Å². The smallest absolute Gasteiger partial charge is 0.0195 e. The molecule has 2 nitrogen and oxygen atoms in total. The van der Waals surface area contributed by atoms with Crippen LogP contribution >= 0.6 is 0 Å². The van der Waals surface area contributed by atoms with Gasteiger partial charge in [-0.1, -0.05) is 13.3 Å². The maximum Gasteiger partial charge on any atom is 0.0195 e. The van der Waals surface area contributed by atoms with Crippen LogP contribution in [-0.2, 0) is 0 Å². The molecule has 1 aliphatic heterocycles. The minimum Gasteiger partial charge on any atom is -0.314 e. The van der Waals surface area contributed by atoms with E-state index in [9.17, 15) is 0 Å². The molecular weight excluding hydrogens is 148 g/mol. The molecule has 1 heterocycles. The van der Waals surface area contributed by atoms with Crippen LogP contribution in [0.15, 0.2) is 0 Å². The second kappa shape index (κ2) is 4.83. The fourth-order valence-electron chi connectivity index (χ4n) is 2.10. The van der Waals surface area contributed by atoms with E-state index in [0.29, 0.717) is 0 Å². The molecule has 0 aromatic heterocycles. The van der Waals surface area contributed by atoms with Gasteiger partial charge in [0, 0.05) is 31.7 Å². The zero-order chi connectivity index (χ0) is 8.97. The summed E-state index contributed by atoms with van der Waals surface area (Å²) in [5.41, 5.74) is 0. The molecule has 1 rings (SSSR count). The molecule has 0 bridgehead atoms. The van der Waals surface area contributed by atoms with E-state index in [0.717, 1.165) is 18.6 Å². The van der Waals surface area contributed by atoms with E-state index in [1.165, 1.54) is 25.9 Å². The van der Waals surface area contributed by atoms with Crippen LogP contribution in [0.1, 0.15) is 33.6 Å². The van der Waals surface area contributed by atoms with Crippen molar-refractivity contribution in [1.82, 2.24) is 10.2 Å². The minimum absolute atomic E-state index is 0.722. The van der Waals surface area contributed by atoms with Crippen molar-refractivity contribution in [3.8, 4) is 0 Å². The van der Waals surface area contributed by atoms with Gasteiger partial charge in [-0.15, -0.1) is 0 Å². The van der Waals surface area contributed by atoms with Crippen molar-refractivity contribution in [2.75, 3.05) is 19.6 Å². The molecule has 0 saturated carbocycles. The van der Waals surface area contributed by atoms with Gasteiger partial charge in [0.25, 0.3) is 0 Å². The normalized spacial score (nSPS) is 28.8. The second-order valence-electron chi connectivity index (χ2n) is 3.93. The van der Waals surface area contributed by atoms with Crippen LogP contribution in [0.4, 0.5) is 0 Å². The number of piperazine rings is 1. The van der Waals surface area contributed by atoms with Crippen molar-refractivity contribution in [2.45, 2.75) is 45.7 Å². The summed E-state index contributed by atoms with van der Waals surface area (Å²) in [5, 5.41) is 3.42. The van der Waals surface area contributed by atoms with E-state index >= 15 is 0 Å². The molecule has 0 aromatic carbocycles. The first kappa shape index (κ1) is 10.0. The summed E-state index contributed by atoms with van der Waals surface area (Å²) >= 11 is 0. The van der Waals surface area contributed by atoms with Crippen LogP contribution in [0.5, 0.6) is 0 Å². The average molecular weight is 170 g/mol. The van der Waals surface area contributed by atoms with Crippen LogP contribution in [0.2, 0.25) is 0 Å². The van der Waals surface area contributed by atoms with E-state index in [4.69, 9.17) is 0 Å². The summed E-state index contributed by atoms with van der Waals surface area (Å²) in [6, 6.07) is 1.49. The summed E-state index contributed by atoms with van der Waals surface area (Å²) in [5.74, 6) is 0. The van der Waals surface area contributed by atoms with Gasteiger partial charge in [-0.3, -0.25) is 4.90 Å². The molecule has 0 radical (unpaired) electrons. The van der Waals surface area contributed by atoms with Crippen molar-refractivity contribution in [1.29, 1.82) is 0 Å². The third-order valence-corrected chi connectivity index (χ3v) is 2.83. The van der Waals surface area contributed by atoms with Crippen LogP contribution in [0, 0.1) is 0 Å². The molecular formula is C10H22N2. The van der Waals surface area contributed by atoms with E-state index in [2.05, 4.69) is 31.0 Å². The van der Waals surface area contributed by atoms with E-state index in [1.807, 2.05) is 0 Å². The molecule has 12 heavy (non-hydrogen) atoms. The van der Waals surface area contributed by atoms with Crippen molar-refractivity contribution in [2.24, 2.45) is 0 Å². The number of rotatable bonds is 3. The van der Waals surface area contributed by atoms with Crippen molar-refractivity contribution < 1.29 is 0 Å². The Morgan fingerprint density at radius 2 is 2.33 bits per heavy atom. The Bertz CT molecular complexity index is 125. The Hall–Kier alpha value is -0.0800. The number of nitrogens with zero attached hydrogens (tertiary/aromatic N) is 1. The summed E-state index contributed by atoms with van der Waals surface area (Å²) in [6.07, 6.45) is 2.64. The lowest BCUT2D eigenvalue weighted by Crippen LogP contribution is -2.53. The van der Waals surface area contributed by atoms with Gasteiger partial charge in [-0.2, -0.15) is 0 Å². The molecule has 2 atom stereocenters. The van der Waals surface area contributed by atoms with E-state index in [1.54, 1.807) is 0 Å². The zero-order valence-electron chi connectivity index (χ0n) is 8.64. The third kappa shape index (κ3) is 2.46. The Labute approximate surface area is 76.3 Å². The van der Waals surface area contributed by atoms with Gasteiger partial charge in [-0.25, -0.2) is 0 Å². The van der Waals surface area contributed by atoms with Crippen LogP contribution < -0.4 is 5.32 Å². The summed E-state index contributed by atoms with van der Waals surface area (Å²) < 4.78 is 0. The minimum atomic E-state index is 0.722. The maximum atomic E-state index is 3.42. The predicted octanol–water partition coefficient (Wildman–Crippen LogP) is 1.47. The molecule has 72 valence electrons. The molecule has 1 aliphatic rings. The monoisotopic (exact) mass is 170 g/mol. The average Bonchev–Trinajstić information content (AvgIpc) is 2.05. The first-order valence-electron chi connectivity index (χ1n) is 5.22. The van der Waals surface area contributed by atoms with Gasteiger partial charge < -0.3 is 5.32 Å². The molecule has 0 aliphatic carbocycles. The molecule has 1 N–H and O–H groups in total. The van der Waals surface area contributed by atoms with Gasteiger partial charge >= 0.3 is 0 Å². The Kier molecular flexibility index (Phi) is 4.02. The summed E-state index contributed by atoms with van der Waals surface area (Å²) in [4.78, 5) is 2.62. The highest BCUT2D eigenvalue weighted by atomic mass is 15.2. The van der Waals surface area contributed by atoms with Crippen LogP contribution in [0.25, 0.3) is 0 Å². The predicted molar refractivity (Wildman–Crippen MR) is 53.4 cm³/mol. The molecule has 0 aromatic rings. The lowest BCUT2D eigenvalue weighted by atomic mass is 10.1. The number of nitrogens with one attached hydrogen (secondary N) is 1. The molecule has 0 spiro atoms. The highest BCUT2D eigenvalue weighted by Gasteiger charge is 2.21. The number of hydrogen-bond donors (Lipinski definition) is 1. The lowest BCUT2D eigenvalue weighted by Gasteiger charge is -2.38. The SMILES string of the molecule is CCC[C@@H](C)N1CCNC[C@@H]1C. The Morgan fingerprint density at radius 1 is 1.58 bits per heavy atom. The Morgan fingerprint density at radius 3 is 2.92 bits per heavy atom. The highest BCUT2D eigenvalue weighted by Crippen LogP contribution is 2.11. The quantitative estimate of drug-likeness (QED) is 0.690. The largest absolute Gasteiger partial charge is 0.314 e. The lowest BCUT2D eigenvalue weighted by molar-refractivity contribution is 0.120. The fraction of sp³-hybridized carbons (Fsp3) is 1.00. The van der Waals surface area contributed by atoms with Crippen molar-refractivity contribution in [3.05, 3.63) is 0 Å². The van der Waals surface area contributed by atoms with Gasteiger partial charge in [-0.05, 0) is 20.3 Å². The summed E-state index contributed by atoms with van der Waals surface area (Å²) in [7, 11) is 0. The zero-order valence-corrected chi connectivity index (χ0v) is 8.64. The topological polar surface area (TPSA) is 15.3 Å². The Balaban J connectivity index is 2.36. The fourth-order valence-corrected chi connectivity index (χ4v) is 2.10. The first-order chi connectivity index (χ1) is 5.75. The standard InChI is InChI=1S/C10H22N2/c1-4-5-9(2)12-7-6-11-8-10(12)3/h9-11H,4-8H2,1-3H3/t9-,10+/m1/s1. The molecule has 0 amide bonds. The molecule has 2 heteroatoms. The van der Waals surface area contributed by atoms with E-state index in [-0.39, 0.29) is 0 Å². The van der Waals surface area contributed by atoms with Crippen molar-refractivity contribution >= 4 is 0 Å². The van der Waals surface area contributed by atoms with E-state index < -0.39 is 0 Å². The molecule has 0 unspecified atom stereocenters. The van der Waals surface area contributed by atoms with Gasteiger partial charge in [0.15, 0.2) is 0 Å². The number of hydrogen-bond acceptors (Lipinski definition) is 2. The van der Waals surface area contributed by atoms with Crippen LogP contribution in [-0.4, -0.2) is 36.6 Å².